The van der Waals surface area contributed by atoms with Gasteiger partial charge in [-0.2, -0.15) is 23.3 Å². The van der Waals surface area contributed by atoms with E-state index in [1.54, 1.807) is 11.1 Å². The summed E-state index contributed by atoms with van der Waals surface area (Å²) in [6.45, 7) is 9.39. The molecule has 5 saturated heterocycles. The van der Waals surface area contributed by atoms with Gasteiger partial charge in [0.1, 0.15) is 11.3 Å². The number of fused-ring (bicyclic) bond motifs is 2. The summed E-state index contributed by atoms with van der Waals surface area (Å²) in [6.07, 6.45) is 1.21. The van der Waals surface area contributed by atoms with E-state index in [-0.39, 0.29) is 22.5 Å². The van der Waals surface area contributed by atoms with Crippen molar-refractivity contribution < 1.29 is 31.8 Å². The lowest BCUT2D eigenvalue weighted by Gasteiger charge is -2.55. The molecule has 7 heterocycles. The molecule has 6 aliphatic rings. The first-order valence-corrected chi connectivity index (χ1v) is 20.1. The average Bonchev–Trinajstić information content (AvgIpc) is 3.86. The first-order valence-electron chi connectivity index (χ1n) is 20.1. The molecule has 2 aromatic heterocycles. The third kappa shape index (κ3) is 6.23. The van der Waals surface area contributed by atoms with Crippen LogP contribution < -0.4 is 14.5 Å². The summed E-state index contributed by atoms with van der Waals surface area (Å²) in [5, 5.41) is 8.85. The van der Waals surface area contributed by atoms with Crippen LogP contribution in [-0.4, -0.2) is 126 Å². The van der Waals surface area contributed by atoms with E-state index in [4.69, 9.17) is 19.4 Å². The number of anilines is 2. The maximum absolute atomic E-state index is 14.2. The molecular formula is C41H48F4N8O3. The number of carbonyl (C=O) groups is 1. The molecular weight excluding hydrogens is 728 g/mol. The number of aromatic nitrogens is 4. The number of halogens is 4. The number of H-pyrrole nitrogens is 1. The number of nitrogens with one attached hydrogen (secondary N) is 1. The van der Waals surface area contributed by atoms with Crippen LogP contribution in [0.3, 0.4) is 0 Å². The molecule has 11 nitrogen and oxygen atoms in total. The molecule has 56 heavy (non-hydrogen) atoms. The number of aryl methyl sites for hydroxylation is 1. The number of alkyl halides is 4. The minimum Gasteiger partial charge on any atom is -0.481 e. The summed E-state index contributed by atoms with van der Waals surface area (Å²) in [6, 6.07) is 6.54. The van der Waals surface area contributed by atoms with Crippen LogP contribution in [0.15, 0.2) is 24.4 Å². The molecule has 0 bridgehead atoms. The van der Waals surface area contributed by atoms with Crippen molar-refractivity contribution in [2.75, 3.05) is 82.0 Å². The second kappa shape index (κ2) is 13.2. The van der Waals surface area contributed by atoms with Crippen molar-refractivity contribution in [2.24, 2.45) is 10.8 Å². The van der Waals surface area contributed by atoms with E-state index in [9.17, 15) is 22.4 Å². The minimum atomic E-state index is -4.57. The summed E-state index contributed by atoms with van der Waals surface area (Å²) >= 11 is 0. The zero-order valence-corrected chi connectivity index (χ0v) is 31.9. The Morgan fingerprint density at radius 3 is 2.30 bits per heavy atom. The van der Waals surface area contributed by atoms with Crippen molar-refractivity contribution in [1.82, 2.24) is 30.0 Å². The number of rotatable bonds is 8. The van der Waals surface area contributed by atoms with Gasteiger partial charge in [0, 0.05) is 66.4 Å². The smallest absolute Gasteiger partial charge is 0.422 e. The fraction of sp³-hybridized carbons (Fsp3) is 0.610. The van der Waals surface area contributed by atoms with Gasteiger partial charge in [0.15, 0.2) is 18.5 Å². The zero-order chi connectivity index (χ0) is 38.6. The predicted octanol–water partition coefficient (Wildman–Crippen LogP) is 6.39. The third-order valence-electron chi connectivity index (χ3n) is 13.6. The number of aromatic amines is 1. The second-order valence-corrected chi connectivity index (χ2v) is 17.6. The molecule has 4 aromatic rings. The quantitative estimate of drug-likeness (QED) is 0.204. The predicted molar refractivity (Wildman–Crippen MR) is 204 cm³/mol. The Hall–Kier alpha value is -4.24. The van der Waals surface area contributed by atoms with Crippen LogP contribution in [0.1, 0.15) is 62.5 Å². The Morgan fingerprint density at radius 1 is 0.964 bits per heavy atom. The zero-order valence-electron chi connectivity index (χ0n) is 31.9. The summed E-state index contributed by atoms with van der Waals surface area (Å²) in [7, 11) is 0. The van der Waals surface area contributed by atoms with Gasteiger partial charge in [-0.15, -0.1) is 0 Å². The van der Waals surface area contributed by atoms with E-state index >= 15 is 0 Å². The number of ether oxygens (including phenoxy) is 2. The summed E-state index contributed by atoms with van der Waals surface area (Å²) in [5.74, 6) is 1.04. The first kappa shape index (κ1) is 36.1. The third-order valence-corrected chi connectivity index (χ3v) is 13.6. The van der Waals surface area contributed by atoms with Crippen LogP contribution in [0.4, 0.5) is 29.3 Å². The Morgan fingerprint density at radius 2 is 1.66 bits per heavy atom. The van der Waals surface area contributed by atoms with Crippen molar-refractivity contribution >= 4 is 39.5 Å². The first-order chi connectivity index (χ1) is 26.9. The molecule has 1 atom stereocenters. The molecule has 1 amide bonds. The molecule has 2 aromatic carbocycles. The van der Waals surface area contributed by atoms with Gasteiger partial charge >= 0.3 is 6.18 Å². The van der Waals surface area contributed by atoms with Gasteiger partial charge in [0.25, 0.3) is 5.91 Å². The highest BCUT2D eigenvalue weighted by Gasteiger charge is 2.49. The summed E-state index contributed by atoms with van der Waals surface area (Å²) < 4.78 is 67.8. The largest absolute Gasteiger partial charge is 0.481 e. The van der Waals surface area contributed by atoms with Crippen LogP contribution in [0.25, 0.3) is 32.9 Å². The SMILES string of the molecule is Cc1ccc2[nH]ncc2c1-c1c(C2CC2)cc2c(N3CCC4(CC3)CN(C(=O)C(C)F)C4)nc(N3CC4(CCN(C5COC5)CC4)C3)nc2c1OCC(F)(F)F. The Balaban J connectivity index is 1.07. The van der Waals surface area contributed by atoms with E-state index in [0.717, 1.165) is 106 Å². The topological polar surface area (TPSA) is 103 Å². The Bertz CT molecular complexity index is 2170. The molecule has 6 fully saturated rings. The minimum absolute atomic E-state index is 0.0782. The van der Waals surface area contributed by atoms with Crippen molar-refractivity contribution in [2.45, 2.75) is 76.7 Å². The standard InChI is InChI=1S/C41H48F4N8O3/c1-24-3-6-31-30(16-46-49-31)32(24)33-28(26-4-5-26)15-29-34(35(33)56-23-41(43,44)45)47-38(53-21-40(22-53)7-11-50(12-8-40)27-17-55-18-27)48-36(29)51-13-9-39(10-14-51)19-52(20-39)37(54)25(2)42/h3,6,15-16,25-27H,4-5,7-14,17-23H2,1-2H3,(H,46,49). The maximum atomic E-state index is 14.2. The molecule has 1 N–H and O–H groups in total. The lowest BCUT2D eigenvalue weighted by atomic mass is 9.71. The number of carbonyl (C=O) groups excluding carboxylic acids is 1. The van der Waals surface area contributed by atoms with Crippen LogP contribution in [0, 0.1) is 17.8 Å². The van der Waals surface area contributed by atoms with Crippen LogP contribution >= 0.6 is 0 Å². The van der Waals surface area contributed by atoms with Gasteiger partial charge < -0.3 is 24.2 Å². The number of hydrogen-bond acceptors (Lipinski definition) is 9. The van der Waals surface area contributed by atoms with Gasteiger partial charge in [0.2, 0.25) is 5.95 Å². The second-order valence-electron chi connectivity index (χ2n) is 17.6. The van der Waals surface area contributed by atoms with E-state index in [2.05, 4.69) is 31.0 Å². The van der Waals surface area contributed by atoms with Crippen LogP contribution in [0.5, 0.6) is 5.75 Å². The van der Waals surface area contributed by atoms with Crippen molar-refractivity contribution in [1.29, 1.82) is 0 Å². The van der Waals surface area contributed by atoms with E-state index < -0.39 is 24.9 Å². The number of amides is 1. The molecule has 1 saturated carbocycles. The van der Waals surface area contributed by atoms with Crippen LogP contribution in [0.2, 0.25) is 0 Å². The van der Waals surface area contributed by atoms with Gasteiger partial charge in [-0.25, -0.2) is 9.37 Å². The van der Waals surface area contributed by atoms with Gasteiger partial charge in [-0.05, 0) is 100 Å². The summed E-state index contributed by atoms with van der Waals surface area (Å²) in [5.41, 5.74) is 4.54. The molecule has 2 spiro atoms. The fourth-order valence-electron chi connectivity index (χ4n) is 10.0. The van der Waals surface area contributed by atoms with Gasteiger partial charge in [-0.1, -0.05) is 6.07 Å². The van der Waals surface area contributed by atoms with Gasteiger partial charge in [-0.3, -0.25) is 14.8 Å². The number of piperidine rings is 2. The molecule has 0 radical (unpaired) electrons. The highest BCUT2D eigenvalue weighted by molar-refractivity contribution is 6.06. The summed E-state index contributed by atoms with van der Waals surface area (Å²) in [4.78, 5) is 31.4. The maximum Gasteiger partial charge on any atom is 0.422 e. The van der Waals surface area contributed by atoms with Crippen molar-refractivity contribution in [3.63, 3.8) is 0 Å². The number of benzene rings is 2. The van der Waals surface area contributed by atoms with Crippen LogP contribution in [-0.2, 0) is 9.53 Å². The molecule has 298 valence electrons. The lowest BCUT2D eigenvalue weighted by Crippen LogP contribution is -2.63. The fourth-order valence-corrected chi connectivity index (χ4v) is 10.0. The highest BCUT2D eigenvalue weighted by atomic mass is 19.4. The monoisotopic (exact) mass is 776 g/mol. The molecule has 10 rings (SSSR count). The van der Waals surface area contributed by atoms with E-state index in [0.29, 0.717) is 60.5 Å². The Labute approximate surface area is 322 Å². The Kier molecular flexibility index (Phi) is 8.48. The van der Waals surface area contributed by atoms with E-state index in [1.165, 1.54) is 6.92 Å². The van der Waals surface area contributed by atoms with Gasteiger partial charge in [0.05, 0.1) is 31.0 Å². The number of likely N-dealkylation sites (tertiary alicyclic amines) is 2. The number of nitrogens with zero attached hydrogens (tertiary/aromatic N) is 7. The molecule has 5 aliphatic heterocycles. The average molecular weight is 777 g/mol. The lowest BCUT2D eigenvalue weighted by molar-refractivity contribution is -0.153. The molecule has 15 heteroatoms. The van der Waals surface area contributed by atoms with E-state index in [1.807, 2.05) is 19.1 Å². The highest BCUT2D eigenvalue weighted by Crippen LogP contribution is 2.54. The van der Waals surface area contributed by atoms with Crippen molar-refractivity contribution in [3.8, 4) is 16.9 Å². The van der Waals surface area contributed by atoms with Crippen molar-refractivity contribution in [3.05, 3.63) is 35.5 Å². The molecule has 1 unspecified atom stereocenters. The normalized spacial score (nSPS) is 23.1. The number of hydrogen-bond donors (Lipinski definition) is 1. The molecule has 1 aliphatic carbocycles.